The Morgan fingerprint density at radius 1 is 1.10 bits per heavy atom. The average molecular weight is 406 g/mol. The topological polar surface area (TPSA) is 72.7 Å². The molecule has 7 heteroatoms. The third kappa shape index (κ3) is 3.84. The number of pyridine rings is 1. The van der Waals surface area contributed by atoms with Gasteiger partial charge in [0, 0.05) is 29.2 Å². The minimum absolute atomic E-state index is 0.285. The molecule has 0 aliphatic heterocycles. The van der Waals surface area contributed by atoms with Crippen molar-refractivity contribution < 1.29 is 4.79 Å². The van der Waals surface area contributed by atoms with E-state index in [0.29, 0.717) is 22.8 Å². The van der Waals surface area contributed by atoms with Crippen molar-refractivity contribution in [1.82, 2.24) is 19.5 Å². The molecular weight excluding hydrogens is 386 g/mol. The van der Waals surface area contributed by atoms with Crippen LogP contribution >= 0.6 is 11.6 Å². The van der Waals surface area contributed by atoms with Crippen LogP contribution in [0.2, 0.25) is 5.02 Å². The molecule has 4 aromatic rings. The zero-order chi connectivity index (χ0) is 20.5. The summed E-state index contributed by atoms with van der Waals surface area (Å²) >= 11 is 6.63. The van der Waals surface area contributed by atoms with Crippen LogP contribution in [0.25, 0.3) is 11.0 Å². The molecule has 0 saturated heterocycles. The van der Waals surface area contributed by atoms with Gasteiger partial charge in [-0.25, -0.2) is 15.0 Å². The van der Waals surface area contributed by atoms with Crippen molar-refractivity contribution in [2.75, 3.05) is 5.32 Å². The number of fused-ring (bicyclic) bond motifs is 1. The molecular formula is C22H20ClN5O. The van der Waals surface area contributed by atoms with Gasteiger partial charge in [0.1, 0.15) is 12.0 Å². The summed E-state index contributed by atoms with van der Waals surface area (Å²) in [4.78, 5) is 25.7. The van der Waals surface area contributed by atoms with Gasteiger partial charge >= 0.3 is 0 Å². The van der Waals surface area contributed by atoms with Gasteiger partial charge in [0.05, 0.1) is 22.8 Å². The Morgan fingerprint density at radius 2 is 1.86 bits per heavy atom. The van der Waals surface area contributed by atoms with Crippen molar-refractivity contribution in [2.24, 2.45) is 0 Å². The SMILES string of the molecule is Cc1ccc(NC(=O)c2cnc3c(c(C)cn3Cc3cc(C)ncn3)c2Cl)cc1. The summed E-state index contributed by atoms with van der Waals surface area (Å²) < 4.78 is 1.99. The fraction of sp³-hybridized carbons (Fsp3) is 0.182. The Hall–Kier alpha value is -3.25. The van der Waals surface area contributed by atoms with Gasteiger partial charge in [0.15, 0.2) is 0 Å². The van der Waals surface area contributed by atoms with Crippen LogP contribution in [0.15, 0.2) is 49.1 Å². The lowest BCUT2D eigenvalue weighted by molar-refractivity contribution is 0.102. The third-order valence-corrected chi connectivity index (χ3v) is 5.15. The Kier molecular flexibility index (Phi) is 5.03. The highest BCUT2D eigenvalue weighted by molar-refractivity contribution is 6.39. The largest absolute Gasteiger partial charge is 0.326 e. The lowest BCUT2D eigenvalue weighted by atomic mass is 10.1. The highest BCUT2D eigenvalue weighted by Gasteiger charge is 2.19. The molecule has 1 aromatic carbocycles. The van der Waals surface area contributed by atoms with Crippen molar-refractivity contribution in [2.45, 2.75) is 27.3 Å². The number of aryl methyl sites for hydroxylation is 3. The van der Waals surface area contributed by atoms with Gasteiger partial charge in [-0.1, -0.05) is 29.3 Å². The van der Waals surface area contributed by atoms with E-state index >= 15 is 0 Å². The lowest BCUT2D eigenvalue weighted by Crippen LogP contribution is -2.13. The zero-order valence-corrected chi connectivity index (χ0v) is 17.2. The minimum atomic E-state index is -0.285. The molecule has 1 amide bonds. The first-order valence-corrected chi connectivity index (χ1v) is 9.59. The monoisotopic (exact) mass is 405 g/mol. The van der Waals surface area contributed by atoms with Crippen LogP contribution in [0.4, 0.5) is 5.69 Å². The van der Waals surface area contributed by atoms with Crippen LogP contribution in [0.3, 0.4) is 0 Å². The highest BCUT2D eigenvalue weighted by Crippen LogP contribution is 2.30. The summed E-state index contributed by atoms with van der Waals surface area (Å²) in [5.41, 5.74) is 5.64. The van der Waals surface area contributed by atoms with Gasteiger partial charge in [0.25, 0.3) is 5.91 Å². The second-order valence-corrected chi connectivity index (χ2v) is 7.47. The molecule has 0 saturated carbocycles. The Bertz CT molecular complexity index is 1210. The summed E-state index contributed by atoms with van der Waals surface area (Å²) in [5.74, 6) is -0.285. The molecule has 6 nitrogen and oxygen atoms in total. The molecule has 0 unspecified atom stereocenters. The first-order valence-electron chi connectivity index (χ1n) is 9.22. The molecule has 1 N–H and O–H groups in total. The molecule has 0 aliphatic rings. The number of anilines is 1. The number of halogens is 1. The van der Waals surface area contributed by atoms with E-state index in [0.717, 1.165) is 33.5 Å². The predicted molar refractivity (Wildman–Crippen MR) is 114 cm³/mol. The minimum Gasteiger partial charge on any atom is -0.326 e. The number of nitrogens with zero attached hydrogens (tertiary/aromatic N) is 4. The lowest BCUT2D eigenvalue weighted by Gasteiger charge is -2.09. The number of carbonyl (C=O) groups is 1. The quantitative estimate of drug-likeness (QED) is 0.533. The number of nitrogens with one attached hydrogen (secondary N) is 1. The smallest absolute Gasteiger partial charge is 0.258 e. The maximum atomic E-state index is 12.8. The van der Waals surface area contributed by atoms with Crippen molar-refractivity contribution in [3.05, 3.63) is 82.2 Å². The molecule has 4 rings (SSSR count). The maximum Gasteiger partial charge on any atom is 0.258 e. The van der Waals surface area contributed by atoms with Gasteiger partial charge in [-0.2, -0.15) is 0 Å². The molecule has 0 atom stereocenters. The number of benzene rings is 1. The summed E-state index contributed by atoms with van der Waals surface area (Å²) in [5, 5.41) is 4.05. The van der Waals surface area contributed by atoms with Gasteiger partial charge in [-0.15, -0.1) is 0 Å². The fourth-order valence-corrected chi connectivity index (χ4v) is 3.66. The standard InChI is InChI=1S/C22H20ClN5O/c1-13-4-6-16(7-5-13)27-22(29)18-9-24-21-19(20(18)23)14(2)10-28(21)11-17-8-15(3)25-12-26-17/h4-10,12H,11H2,1-3H3,(H,27,29). The van der Waals surface area contributed by atoms with Gasteiger partial charge < -0.3 is 9.88 Å². The predicted octanol–water partition coefficient (Wildman–Crippen LogP) is 4.71. The molecule has 3 heterocycles. The van der Waals surface area contributed by atoms with E-state index in [1.165, 1.54) is 6.20 Å². The van der Waals surface area contributed by atoms with E-state index < -0.39 is 0 Å². The van der Waals surface area contributed by atoms with Crippen molar-refractivity contribution in [3.63, 3.8) is 0 Å². The number of rotatable bonds is 4. The van der Waals surface area contributed by atoms with Crippen molar-refractivity contribution >= 4 is 34.2 Å². The second-order valence-electron chi connectivity index (χ2n) is 7.10. The fourth-order valence-electron chi connectivity index (χ4n) is 3.29. The normalized spacial score (nSPS) is 11.0. The van der Waals surface area contributed by atoms with Crippen LogP contribution in [-0.4, -0.2) is 25.4 Å². The van der Waals surface area contributed by atoms with Crippen LogP contribution in [0.5, 0.6) is 0 Å². The van der Waals surface area contributed by atoms with E-state index in [-0.39, 0.29) is 5.91 Å². The average Bonchev–Trinajstić information content (AvgIpc) is 3.00. The molecule has 0 fully saturated rings. The van der Waals surface area contributed by atoms with Crippen LogP contribution < -0.4 is 5.32 Å². The first kappa shape index (κ1) is 19.1. The van der Waals surface area contributed by atoms with Gasteiger partial charge in [-0.05, 0) is 44.5 Å². The number of amides is 1. The summed E-state index contributed by atoms with van der Waals surface area (Å²) in [6.07, 6.45) is 5.05. The first-order chi connectivity index (χ1) is 13.9. The molecule has 29 heavy (non-hydrogen) atoms. The van der Waals surface area contributed by atoms with Crippen molar-refractivity contribution in [1.29, 1.82) is 0 Å². The van der Waals surface area contributed by atoms with Gasteiger partial charge in [-0.3, -0.25) is 4.79 Å². The van der Waals surface area contributed by atoms with E-state index in [1.807, 2.05) is 61.9 Å². The highest BCUT2D eigenvalue weighted by atomic mass is 35.5. The molecule has 146 valence electrons. The van der Waals surface area contributed by atoms with E-state index in [2.05, 4.69) is 20.3 Å². The Morgan fingerprint density at radius 3 is 2.59 bits per heavy atom. The number of carbonyl (C=O) groups excluding carboxylic acids is 1. The Balaban J connectivity index is 1.67. The van der Waals surface area contributed by atoms with E-state index in [1.54, 1.807) is 6.33 Å². The van der Waals surface area contributed by atoms with Crippen molar-refractivity contribution in [3.8, 4) is 0 Å². The molecule has 0 spiro atoms. The van der Waals surface area contributed by atoms with Crippen LogP contribution in [-0.2, 0) is 6.54 Å². The third-order valence-electron chi connectivity index (χ3n) is 4.76. The van der Waals surface area contributed by atoms with Crippen LogP contribution in [0.1, 0.15) is 32.9 Å². The second kappa shape index (κ2) is 7.64. The van der Waals surface area contributed by atoms with E-state index in [9.17, 15) is 4.79 Å². The number of hydrogen-bond acceptors (Lipinski definition) is 4. The molecule has 0 bridgehead atoms. The van der Waals surface area contributed by atoms with E-state index in [4.69, 9.17) is 11.6 Å². The number of aromatic nitrogens is 4. The maximum absolute atomic E-state index is 12.8. The summed E-state index contributed by atoms with van der Waals surface area (Å²) in [6.45, 7) is 6.43. The summed E-state index contributed by atoms with van der Waals surface area (Å²) in [6, 6.07) is 9.54. The Labute approximate surface area is 173 Å². The van der Waals surface area contributed by atoms with Crippen LogP contribution in [0, 0.1) is 20.8 Å². The summed E-state index contributed by atoms with van der Waals surface area (Å²) in [7, 11) is 0. The molecule has 3 aromatic heterocycles. The number of hydrogen-bond donors (Lipinski definition) is 1. The molecule has 0 radical (unpaired) electrons. The zero-order valence-electron chi connectivity index (χ0n) is 16.4. The van der Waals surface area contributed by atoms with Gasteiger partial charge in [0.2, 0.25) is 0 Å². The molecule has 0 aliphatic carbocycles.